The van der Waals surface area contributed by atoms with E-state index in [9.17, 15) is 18.8 Å². The van der Waals surface area contributed by atoms with Crippen molar-refractivity contribution in [3.8, 4) is 0 Å². The van der Waals surface area contributed by atoms with Crippen molar-refractivity contribution in [1.29, 1.82) is 0 Å². The van der Waals surface area contributed by atoms with Crippen LogP contribution in [-0.4, -0.2) is 22.1 Å². The molecule has 0 unspecified atom stereocenters. The monoisotopic (exact) mass is 298 g/mol. The molecule has 0 aliphatic carbocycles. The molecule has 1 aromatic heterocycles. The number of aromatic nitrogens is 2. The Balaban J connectivity index is 2.25. The van der Waals surface area contributed by atoms with Crippen molar-refractivity contribution in [2.75, 3.05) is 6.61 Å². The lowest BCUT2D eigenvalue weighted by Gasteiger charge is -2.05. The first-order chi connectivity index (χ1) is 9.93. The Hall–Kier alpha value is -2.18. The molecule has 1 heterocycles. The van der Waals surface area contributed by atoms with Gasteiger partial charge in [0.15, 0.2) is 0 Å². The van der Waals surface area contributed by atoms with Crippen LogP contribution in [0.5, 0.6) is 0 Å². The summed E-state index contributed by atoms with van der Waals surface area (Å²) in [5, 5.41) is 0. The molecule has 1 aromatic rings. The van der Waals surface area contributed by atoms with Crippen LogP contribution in [0.25, 0.3) is 0 Å². The van der Waals surface area contributed by atoms with Crippen LogP contribution in [0.4, 0.5) is 4.39 Å². The van der Waals surface area contributed by atoms with E-state index in [1.807, 2.05) is 0 Å². The summed E-state index contributed by atoms with van der Waals surface area (Å²) >= 11 is 0. The fourth-order valence-corrected chi connectivity index (χ4v) is 1.70. The van der Waals surface area contributed by atoms with Gasteiger partial charge in [-0.2, -0.15) is 4.39 Å². The van der Waals surface area contributed by atoms with Crippen LogP contribution in [0.2, 0.25) is 0 Å². The zero-order valence-corrected chi connectivity index (χ0v) is 12.0. The molecule has 0 fully saturated rings. The van der Waals surface area contributed by atoms with Gasteiger partial charge in [0, 0.05) is 18.3 Å². The number of ether oxygens (including phenoxy) is 1. The molecular weight excluding hydrogens is 279 g/mol. The topological polar surface area (TPSA) is 81.2 Å². The van der Waals surface area contributed by atoms with Gasteiger partial charge in [-0.1, -0.05) is 13.0 Å². The third kappa shape index (κ3) is 5.37. The molecule has 0 aromatic carbocycles. The number of H-pyrrole nitrogens is 1. The van der Waals surface area contributed by atoms with Crippen molar-refractivity contribution in [3.63, 3.8) is 0 Å². The largest absolute Gasteiger partial charge is 0.462 e. The number of unbranched alkanes of at least 4 members (excludes halogenated alkanes) is 3. The van der Waals surface area contributed by atoms with Crippen molar-refractivity contribution in [3.05, 3.63) is 45.0 Å². The van der Waals surface area contributed by atoms with E-state index < -0.39 is 23.0 Å². The first kappa shape index (κ1) is 16.9. The number of carbonyl (C=O) groups is 1. The highest BCUT2D eigenvalue weighted by atomic mass is 19.1. The van der Waals surface area contributed by atoms with Crippen LogP contribution in [0, 0.1) is 5.82 Å². The maximum absolute atomic E-state index is 13.0. The standard InChI is InChI=1S/C14H19FN2O4/c1-10(2)13(19)21-8-6-4-3-5-7-17-12(18)11(15)9-16-14(17)20/h9H,1,3-8H2,2H3,(H,16,20). The van der Waals surface area contributed by atoms with E-state index in [0.29, 0.717) is 25.0 Å². The molecule has 1 rings (SSSR count). The van der Waals surface area contributed by atoms with Crippen molar-refractivity contribution < 1.29 is 13.9 Å². The summed E-state index contributed by atoms with van der Waals surface area (Å²) in [7, 11) is 0. The Labute approximate surface area is 121 Å². The first-order valence-corrected chi connectivity index (χ1v) is 6.74. The number of hydrogen-bond acceptors (Lipinski definition) is 4. The minimum Gasteiger partial charge on any atom is -0.462 e. The summed E-state index contributed by atoms with van der Waals surface area (Å²) < 4.78 is 18.8. The Morgan fingerprint density at radius 2 is 2.00 bits per heavy atom. The molecule has 116 valence electrons. The maximum atomic E-state index is 13.0. The minimum absolute atomic E-state index is 0.164. The Morgan fingerprint density at radius 1 is 1.33 bits per heavy atom. The van der Waals surface area contributed by atoms with Crippen LogP contribution < -0.4 is 11.2 Å². The molecule has 0 atom stereocenters. The van der Waals surface area contributed by atoms with Gasteiger partial charge >= 0.3 is 11.7 Å². The molecule has 6 nitrogen and oxygen atoms in total. The lowest BCUT2D eigenvalue weighted by molar-refractivity contribution is -0.139. The summed E-state index contributed by atoms with van der Waals surface area (Å²) in [4.78, 5) is 36.0. The van der Waals surface area contributed by atoms with E-state index in [1.165, 1.54) is 0 Å². The van der Waals surface area contributed by atoms with Gasteiger partial charge in [-0.25, -0.2) is 9.59 Å². The number of esters is 1. The van der Waals surface area contributed by atoms with Crippen molar-refractivity contribution >= 4 is 5.97 Å². The summed E-state index contributed by atoms with van der Waals surface area (Å²) in [5.41, 5.74) is -1.16. The number of aromatic amines is 1. The molecule has 0 saturated carbocycles. The lowest BCUT2D eigenvalue weighted by atomic mass is 10.2. The highest BCUT2D eigenvalue weighted by molar-refractivity contribution is 5.86. The van der Waals surface area contributed by atoms with Crippen LogP contribution in [0.1, 0.15) is 32.6 Å². The molecule has 0 spiro atoms. The molecule has 0 radical (unpaired) electrons. The van der Waals surface area contributed by atoms with Gasteiger partial charge in [-0.05, 0) is 26.2 Å². The third-order valence-electron chi connectivity index (χ3n) is 2.87. The van der Waals surface area contributed by atoms with Gasteiger partial charge in [-0.3, -0.25) is 9.36 Å². The molecular formula is C14H19FN2O4. The quantitative estimate of drug-likeness (QED) is 0.446. The smallest absolute Gasteiger partial charge is 0.333 e. The second kappa shape index (κ2) is 8.18. The van der Waals surface area contributed by atoms with Gasteiger partial charge in [0.05, 0.1) is 6.61 Å². The van der Waals surface area contributed by atoms with E-state index >= 15 is 0 Å². The number of carbonyl (C=O) groups excluding carboxylic acids is 1. The predicted octanol–water partition coefficient (Wildman–Crippen LogP) is 1.36. The number of nitrogens with zero attached hydrogens (tertiary/aromatic N) is 1. The highest BCUT2D eigenvalue weighted by Crippen LogP contribution is 2.02. The Kier molecular flexibility index (Phi) is 6.58. The van der Waals surface area contributed by atoms with Gasteiger partial charge in [0.1, 0.15) is 0 Å². The van der Waals surface area contributed by atoms with Gasteiger partial charge < -0.3 is 9.72 Å². The second-order valence-corrected chi connectivity index (χ2v) is 4.73. The minimum atomic E-state index is -0.971. The molecule has 0 bridgehead atoms. The van der Waals surface area contributed by atoms with E-state index in [4.69, 9.17) is 4.74 Å². The maximum Gasteiger partial charge on any atom is 0.333 e. The van der Waals surface area contributed by atoms with E-state index in [2.05, 4.69) is 11.6 Å². The van der Waals surface area contributed by atoms with Gasteiger partial charge in [0.25, 0.3) is 5.56 Å². The van der Waals surface area contributed by atoms with Gasteiger partial charge in [0.2, 0.25) is 5.82 Å². The van der Waals surface area contributed by atoms with E-state index in [0.717, 1.165) is 23.6 Å². The molecule has 0 amide bonds. The summed E-state index contributed by atoms with van der Waals surface area (Å²) in [5.74, 6) is -1.38. The number of nitrogens with one attached hydrogen (secondary N) is 1. The summed E-state index contributed by atoms with van der Waals surface area (Å²) in [6.45, 7) is 5.53. The molecule has 0 aliphatic rings. The molecule has 0 aliphatic heterocycles. The van der Waals surface area contributed by atoms with Crippen molar-refractivity contribution in [2.24, 2.45) is 0 Å². The van der Waals surface area contributed by atoms with Crippen LogP contribution in [0.3, 0.4) is 0 Å². The number of halogens is 1. The van der Waals surface area contributed by atoms with Crippen molar-refractivity contribution in [2.45, 2.75) is 39.2 Å². The number of rotatable bonds is 8. The zero-order valence-electron chi connectivity index (χ0n) is 12.0. The molecule has 0 saturated heterocycles. The zero-order chi connectivity index (χ0) is 15.8. The average molecular weight is 298 g/mol. The average Bonchev–Trinajstić information content (AvgIpc) is 2.44. The normalized spacial score (nSPS) is 10.4. The van der Waals surface area contributed by atoms with Crippen LogP contribution >= 0.6 is 0 Å². The van der Waals surface area contributed by atoms with Gasteiger partial charge in [-0.15, -0.1) is 0 Å². The second-order valence-electron chi connectivity index (χ2n) is 4.73. The Morgan fingerprint density at radius 3 is 2.67 bits per heavy atom. The summed E-state index contributed by atoms with van der Waals surface area (Å²) in [6, 6.07) is 0. The summed E-state index contributed by atoms with van der Waals surface area (Å²) in [6.07, 6.45) is 3.55. The molecule has 1 N–H and O–H groups in total. The fourth-order valence-electron chi connectivity index (χ4n) is 1.70. The predicted molar refractivity (Wildman–Crippen MR) is 75.5 cm³/mol. The van der Waals surface area contributed by atoms with E-state index in [-0.39, 0.29) is 6.54 Å². The molecule has 7 heteroatoms. The van der Waals surface area contributed by atoms with Crippen LogP contribution in [-0.2, 0) is 16.1 Å². The lowest BCUT2D eigenvalue weighted by Crippen LogP contribution is -2.36. The Bertz CT molecular complexity index is 618. The number of hydrogen-bond donors (Lipinski definition) is 1. The van der Waals surface area contributed by atoms with Crippen molar-refractivity contribution in [1.82, 2.24) is 9.55 Å². The van der Waals surface area contributed by atoms with E-state index in [1.54, 1.807) is 6.92 Å². The highest BCUT2D eigenvalue weighted by Gasteiger charge is 2.06. The SMILES string of the molecule is C=C(C)C(=O)OCCCCCCn1c(=O)[nH]cc(F)c1=O. The molecule has 21 heavy (non-hydrogen) atoms. The third-order valence-corrected chi connectivity index (χ3v) is 2.87. The van der Waals surface area contributed by atoms with Crippen LogP contribution in [0.15, 0.2) is 27.9 Å². The first-order valence-electron chi connectivity index (χ1n) is 6.74. The fraction of sp³-hybridized carbons (Fsp3) is 0.500.